The van der Waals surface area contributed by atoms with Gasteiger partial charge in [-0.15, -0.1) is 0 Å². The van der Waals surface area contributed by atoms with Crippen LogP contribution in [-0.4, -0.2) is 54.6 Å². The van der Waals surface area contributed by atoms with Crippen LogP contribution in [0.15, 0.2) is 0 Å². The Morgan fingerprint density at radius 2 is 2.25 bits per heavy atom. The van der Waals surface area contributed by atoms with E-state index in [0.717, 1.165) is 32.5 Å². The number of carbonyl (C=O) groups excluding carboxylic acids is 1. The maximum Gasteiger partial charge on any atom is 0.320 e. The van der Waals surface area contributed by atoms with Crippen molar-refractivity contribution >= 4 is 6.03 Å². The van der Waals surface area contributed by atoms with E-state index in [0.29, 0.717) is 18.0 Å². The Morgan fingerprint density at radius 3 is 2.81 bits per heavy atom. The second-order valence-electron chi connectivity index (χ2n) is 5.48. The number of nitrogens with one attached hydrogen (secondary N) is 1. The molecule has 2 heterocycles. The fourth-order valence-electron chi connectivity index (χ4n) is 2.77. The van der Waals surface area contributed by atoms with Gasteiger partial charge < -0.3 is 15.1 Å². The van der Waals surface area contributed by atoms with Gasteiger partial charge in [-0.25, -0.2) is 4.79 Å². The predicted molar refractivity (Wildman–Crippen MR) is 64.4 cm³/mol. The lowest BCUT2D eigenvalue weighted by molar-refractivity contribution is 0.183. The molecule has 0 radical (unpaired) electrons. The second-order valence-corrected chi connectivity index (χ2v) is 5.48. The molecule has 2 saturated heterocycles. The molecule has 1 N–H and O–H groups in total. The van der Waals surface area contributed by atoms with Crippen LogP contribution in [0.4, 0.5) is 4.79 Å². The summed E-state index contributed by atoms with van der Waals surface area (Å²) < 4.78 is 0. The van der Waals surface area contributed by atoms with Gasteiger partial charge in [0, 0.05) is 26.2 Å². The number of amides is 2. The minimum Gasteiger partial charge on any atom is -0.323 e. The zero-order valence-electron chi connectivity index (χ0n) is 10.6. The molecule has 2 aliphatic rings. The van der Waals surface area contributed by atoms with Gasteiger partial charge in [-0.05, 0) is 25.3 Å². The van der Waals surface area contributed by atoms with E-state index >= 15 is 0 Å². The van der Waals surface area contributed by atoms with Gasteiger partial charge in [0.05, 0.1) is 6.04 Å². The zero-order chi connectivity index (χ0) is 11.7. The van der Waals surface area contributed by atoms with Crippen molar-refractivity contribution in [2.24, 2.45) is 5.92 Å². The van der Waals surface area contributed by atoms with Gasteiger partial charge in [-0.2, -0.15) is 0 Å². The van der Waals surface area contributed by atoms with Crippen molar-refractivity contribution in [2.75, 3.05) is 26.7 Å². The van der Waals surface area contributed by atoms with Crippen molar-refractivity contribution in [3.63, 3.8) is 0 Å². The largest absolute Gasteiger partial charge is 0.323 e. The quantitative estimate of drug-likeness (QED) is 0.781. The van der Waals surface area contributed by atoms with E-state index in [2.05, 4.69) is 24.1 Å². The minimum atomic E-state index is 0.222. The van der Waals surface area contributed by atoms with E-state index < -0.39 is 0 Å². The van der Waals surface area contributed by atoms with Gasteiger partial charge in [-0.3, -0.25) is 0 Å². The standard InChI is InChI=1S/C12H23N3O/c1-9(2)6-11-8-15(12(16)14(11)3)10-4-5-13-7-10/h9-11,13H,4-8H2,1-3H3. The summed E-state index contributed by atoms with van der Waals surface area (Å²) in [5, 5.41) is 3.33. The zero-order valence-corrected chi connectivity index (χ0v) is 10.6. The molecule has 2 aliphatic heterocycles. The van der Waals surface area contributed by atoms with Gasteiger partial charge in [0.25, 0.3) is 0 Å². The average molecular weight is 225 g/mol. The third-order valence-corrected chi connectivity index (χ3v) is 3.72. The third kappa shape index (κ3) is 2.17. The molecular formula is C12H23N3O. The highest BCUT2D eigenvalue weighted by molar-refractivity contribution is 5.77. The van der Waals surface area contributed by atoms with Gasteiger partial charge in [-0.1, -0.05) is 13.8 Å². The molecule has 0 aromatic carbocycles. The van der Waals surface area contributed by atoms with Gasteiger partial charge in [0.15, 0.2) is 0 Å². The molecular weight excluding hydrogens is 202 g/mol. The molecule has 0 aromatic heterocycles. The summed E-state index contributed by atoms with van der Waals surface area (Å²) in [5.41, 5.74) is 0. The maximum atomic E-state index is 12.1. The number of likely N-dealkylation sites (N-methyl/N-ethyl adjacent to an activating group) is 1. The number of carbonyl (C=O) groups is 1. The average Bonchev–Trinajstić information content (AvgIpc) is 2.81. The third-order valence-electron chi connectivity index (χ3n) is 3.72. The van der Waals surface area contributed by atoms with Crippen LogP contribution < -0.4 is 5.32 Å². The van der Waals surface area contributed by atoms with E-state index in [-0.39, 0.29) is 6.03 Å². The number of hydrogen-bond donors (Lipinski definition) is 1. The Bertz CT molecular complexity index is 261. The Hall–Kier alpha value is -0.770. The fourth-order valence-corrected chi connectivity index (χ4v) is 2.77. The molecule has 92 valence electrons. The van der Waals surface area contributed by atoms with Crippen LogP contribution >= 0.6 is 0 Å². The molecule has 2 amide bonds. The van der Waals surface area contributed by atoms with Gasteiger partial charge in [0.1, 0.15) is 0 Å². The lowest BCUT2D eigenvalue weighted by atomic mass is 10.0. The van der Waals surface area contributed by atoms with Crippen LogP contribution in [0.2, 0.25) is 0 Å². The number of rotatable bonds is 3. The van der Waals surface area contributed by atoms with Crippen LogP contribution in [0.25, 0.3) is 0 Å². The smallest absolute Gasteiger partial charge is 0.320 e. The summed E-state index contributed by atoms with van der Waals surface area (Å²) in [6.07, 6.45) is 2.22. The van der Waals surface area contributed by atoms with Crippen LogP contribution in [0.5, 0.6) is 0 Å². The molecule has 4 nitrogen and oxygen atoms in total. The monoisotopic (exact) mass is 225 g/mol. The summed E-state index contributed by atoms with van der Waals surface area (Å²) in [6.45, 7) is 7.37. The Labute approximate surface area is 98.0 Å². The van der Waals surface area contributed by atoms with Crippen molar-refractivity contribution in [1.82, 2.24) is 15.1 Å². The molecule has 2 rings (SSSR count). The van der Waals surface area contributed by atoms with Gasteiger partial charge in [0.2, 0.25) is 0 Å². The first-order chi connectivity index (χ1) is 7.59. The molecule has 2 atom stereocenters. The van der Waals surface area contributed by atoms with E-state index in [1.165, 1.54) is 0 Å². The van der Waals surface area contributed by atoms with Crippen molar-refractivity contribution < 1.29 is 4.79 Å². The van der Waals surface area contributed by atoms with Crippen LogP contribution in [0.1, 0.15) is 26.7 Å². The maximum absolute atomic E-state index is 12.1. The number of urea groups is 1. The van der Waals surface area contributed by atoms with Crippen molar-refractivity contribution in [3.05, 3.63) is 0 Å². The van der Waals surface area contributed by atoms with Crippen LogP contribution in [0, 0.1) is 5.92 Å². The fraction of sp³-hybridized carbons (Fsp3) is 0.917. The Kier molecular flexibility index (Phi) is 3.38. The van der Waals surface area contributed by atoms with Crippen LogP contribution in [0.3, 0.4) is 0 Å². The first-order valence-electron chi connectivity index (χ1n) is 6.33. The highest BCUT2D eigenvalue weighted by Crippen LogP contribution is 2.23. The molecule has 0 aromatic rings. The number of nitrogens with zero attached hydrogens (tertiary/aromatic N) is 2. The molecule has 0 aliphatic carbocycles. The minimum absolute atomic E-state index is 0.222. The van der Waals surface area contributed by atoms with Crippen molar-refractivity contribution in [2.45, 2.75) is 38.8 Å². The molecule has 0 saturated carbocycles. The summed E-state index contributed by atoms with van der Waals surface area (Å²) in [7, 11) is 1.94. The summed E-state index contributed by atoms with van der Waals surface area (Å²) >= 11 is 0. The van der Waals surface area contributed by atoms with Gasteiger partial charge >= 0.3 is 6.03 Å². The predicted octanol–water partition coefficient (Wildman–Crippen LogP) is 1.13. The SMILES string of the molecule is CC(C)CC1CN(C2CCNC2)C(=O)N1C. The first-order valence-corrected chi connectivity index (χ1v) is 6.33. The highest BCUT2D eigenvalue weighted by Gasteiger charge is 2.39. The van der Waals surface area contributed by atoms with Crippen LogP contribution in [-0.2, 0) is 0 Å². The Morgan fingerprint density at radius 1 is 1.50 bits per heavy atom. The van der Waals surface area contributed by atoms with Crippen molar-refractivity contribution in [3.8, 4) is 0 Å². The van der Waals surface area contributed by atoms with Crippen molar-refractivity contribution in [1.29, 1.82) is 0 Å². The molecule has 0 spiro atoms. The molecule has 4 heteroatoms. The normalized spacial score (nSPS) is 30.9. The molecule has 2 fully saturated rings. The Balaban J connectivity index is 1.98. The lowest BCUT2D eigenvalue weighted by Crippen LogP contribution is -2.39. The molecule has 16 heavy (non-hydrogen) atoms. The molecule has 0 bridgehead atoms. The van der Waals surface area contributed by atoms with E-state index in [1.807, 2.05) is 11.9 Å². The lowest BCUT2D eigenvalue weighted by Gasteiger charge is -2.22. The second kappa shape index (κ2) is 4.62. The topological polar surface area (TPSA) is 35.6 Å². The highest BCUT2D eigenvalue weighted by atomic mass is 16.2. The summed E-state index contributed by atoms with van der Waals surface area (Å²) in [4.78, 5) is 16.1. The van der Waals surface area contributed by atoms with E-state index in [4.69, 9.17) is 0 Å². The first kappa shape index (κ1) is 11.7. The number of hydrogen-bond acceptors (Lipinski definition) is 2. The van der Waals surface area contributed by atoms with E-state index in [1.54, 1.807) is 0 Å². The van der Waals surface area contributed by atoms with E-state index in [9.17, 15) is 4.79 Å². The molecule has 2 unspecified atom stereocenters. The summed E-state index contributed by atoms with van der Waals surface area (Å²) in [6, 6.07) is 1.06. The summed E-state index contributed by atoms with van der Waals surface area (Å²) in [5.74, 6) is 0.655.